The van der Waals surface area contributed by atoms with Gasteiger partial charge in [-0.25, -0.2) is 9.67 Å². The van der Waals surface area contributed by atoms with Gasteiger partial charge in [0.1, 0.15) is 11.2 Å². The summed E-state index contributed by atoms with van der Waals surface area (Å²) in [6.45, 7) is 2.71. The average molecular weight is 462 g/mol. The Morgan fingerprint density at radius 3 is 2.70 bits per heavy atom. The lowest BCUT2D eigenvalue weighted by Crippen LogP contribution is -2.37. The molecule has 1 aliphatic rings. The van der Waals surface area contributed by atoms with Crippen molar-refractivity contribution in [1.29, 1.82) is 0 Å². The molecule has 0 amide bonds. The highest BCUT2D eigenvalue weighted by molar-refractivity contribution is 6.30. The van der Waals surface area contributed by atoms with Crippen molar-refractivity contribution in [2.75, 3.05) is 31.2 Å². The molecule has 4 aromatic heterocycles. The van der Waals surface area contributed by atoms with Crippen molar-refractivity contribution in [2.45, 2.75) is 0 Å². The molecule has 0 aliphatic carbocycles. The van der Waals surface area contributed by atoms with E-state index in [9.17, 15) is 0 Å². The Hall–Kier alpha value is -3.69. The molecular formula is C23H20ClN7O2. The van der Waals surface area contributed by atoms with Crippen LogP contribution in [0.5, 0.6) is 0 Å². The van der Waals surface area contributed by atoms with Gasteiger partial charge in [0.2, 0.25) is 0 Å². The Bertz CT molecular complexity index is 1450. The first-order chi connectivity index (χ1) is 16.1. The molecule has 1 aliphatic heterocycles. The van der Waals surface area contributed by atoms with Crippen LogP contribution in [0.4, 0.5) is 5.82 Å². The first-order valence-electron chi connectivity index (χ1n) is 10.6. The van der Waals surface area contributed by atoms with E-state index in [0.29, 0.717) is 41.0 Å². The summed E-state index contributed by atoms with van der Waals surface area (Å²) in [6.07, 6.45) is 5.56. The van der Waals surface area contributed by atoms with Crippen molar-refractivity contribution >= 4 is 28.5 Å². The molecule has 1 saturated heterocycles. The minimum Gasteiger partial charge on any atom is -0.449 e. The van der Waals surface area contributed by atoms with E-state index >= 15 is 0 Å². The second-order valence-electron chi connectivity index (χ2n) is 7.83. The summed E-state index contributed by atoms with van der Waals surface area (Å²) in [5.41, 5.74) is 3.97. The van der Waals surface area contributed by atoms with Crippen molar-refractivity contribution in [3.8, 4) is 28.5 Å². The van der Waals surface area contributed by atoms with Gasteiger partial charge < -0.3 is 14.1 Å². The number of morpholine rings is 1. The molecule has 0 bridgehead atoms. The van der Waals surface area contributed by atoms with E-state index < -0.39 is 0 Å². The lowest BCUT2D eigenvalue weighted by atomic mass is 10.1. The van der Waals surface area contributed by atoms with Crippen molar-refractivity contribution in [1.82, 2.24) is 29.5 Å². The van der Waals surface area contributed by atoms with Crippen LogP contribution in [0, 0.1) is 0 Å². The molecule has 0 saturated carbocycles. The topological polar surface area (TPSA) is 87.0 Å². The molecule has 0 unspecified atom stereocenters. The van der Waals surface area contributed by atoms with E-state index in [1.54, 1.807) is 15.6 Å². The van der Waals surface area contributed by atoms with Crippen LogP contribution < -0.4 is 4.90 Å². The van der Waals surface area contributed by atoms with Crippen LogP contribution in [-0.4, -0.2) is 55.8 Å². The van der Waals surface area contributed by atoms with Gasteiger partial charge in [-0.1, -0.05) is 23.7 Å². The second kappa shape index (κ2) is 8.02. The maximum absolute atomic E-state index is 6.20. The molecule has 5 heterocycles. The smallest absolute Gasteiger partial charge is 0.253 e. The molecule has 9 nitrogen and oxygen atoms in total. The first-order valence-corrected chi connectivity index (χ1v) is 11.0. The number of hydrogen-bond acceptors (Lipinski definition) is 7. The van der Waals surface area contributed by atoms with Crippen LogP contribution in [0.15, 0.2) is 59.4 Å². The number of aromatic nitrogens is 6. The molecule has 6 rings (SSSR count). The molecule has 5 aromatic rings. The monoisotopic (exact) mass is 461 g/mol. The predicted octanol–water partition coefficient (Wildman–Crippen LogP) is 3.97. The van der Waals surface area contributed by atoms with Crippen LogP contribution in [-0.2, 0) is 11.8 Å². The number of aryl methyl sites for hydroxylation is 1. The molecule has 0 spiro atoms. The quantitative estimate of drug-likeness (QED) is 0.400. The summed E-state index contributed by atoms with van der Waals surface area (Å²) in [7, 11) is 1.87. The standard InChI is InChI=1S/C23H20ClN7O2/c1-29-6-5-18(28-29)20-12-19-21(33-20)22(30-7-9-32-10-8-30)27-23(26-19)31-14-16(13-25-31)15-3-2-4-17(24)11-15/h2-6,11-14H,7-10H2,1H3. The van der Waals surface area contributed by atoms with Crippen LogP contribution in [0.1, 0.15) is 0 Å². The van der Waals surface area contributed by atoms with E-state index in [2.05, 4.69) is 15.1 Å². The number of anilines is 1. The maximum atomic E-state index is 6.20. The van der Waals surface area contributed by atoms with Crippen molar-refractivity contribution in [2.24, 2.45) is 7.05 Å². The molecule has 0 atom stereocenters. The van der Waals surface area contributed by atoms with E-state index in [-0.39, 0.29) is 0 Å². The normalized spacial score (nSPS) is 14.3. The van der Waals surface area contributed by atoms with Gasteiger partial charge in [0.25, 0.3) is 5.95 Å². The highest BCUT2D eigenvalue weighted by Crippen LogP contribution is 2.33. The number of halogens is 1. The van der Waals surface area contributed by atoms with E-state index in [0.717, 1.165) is 35.7 Å². The van der Waals surface area contributed by atoms with Gasteiger partial charge in [-0.05, 0) is 23.8 Å². The van der Waals surface area contributed by atoms with Crippen LogP contribution >= 0.6 is 11.6 Å². The van der Waals surface area contributed by atoms with Crippen molar-refractivity contribution < 1.29 is 9.15 Å². The number of rotatable bonds is 4. The third-order valence-corrected chi connectivity index (χ3v) is 5.80. The minimum atomic E-state index is 0.464. The Morgan fingerprint density at radius 1 is 1.03 bits per heavy atom. The molecule has 0 N–H and O–H groups in total. The van der Waals surface area contributed by atoms with Gasteiger partial charge >= 0.3 is 0 Å². The second-order valence-corrected chi connectivity index (χ2v) is 8.27. The molecule has 1 aromatic carbocycles. The Morgan fingerprint density at radius 2 is 1.91 bits per heavy atom. The Balaban J connectivity index is 1.47. The van der Waals surface area contributed by atoms with Gasteiger partial charge in [-0.15, -0.1) is 0 Å². The predicted molar refractivity (Wildman–Crippen MR) is 125 cm³/mol. The van der Waals surface area contributed by atoms with Gasteiger partial charge in [-0.2, -0.15) is 15.2 Å². The maximum Gasteiger partial charge on any atom is 0.253 e. The van der Waals surface area contributed by atoms with Crippen molar-refractivity contribution in [3.63, 3.8) is 0 Å². The SMILES string of the molecule is Cn1ccc(-c2cc3nc(-n4cc(-c5cccc(Cl)c5)cn4)nc(N4CCOCC4)c3o2)n1. The zero-order chi connectivity index (χ0) is 22.4. The number of hydrogen-bond donors (Lipinski definition) is 0. The summed E-state index contributed by atoms with van der Waals surface area (Å²) in [5.74, 6) is 1.83. The molecular weight excluding hydrogens is 442 g/mol. The number of ether oxygens (including phenoxy) is 1. The largest absolute Gasteiger partial charge is 0.449 e. The number of fused-ring (bicyclic) bond motifs is 1. The molecule has 1 fully saturated rings. The summed E-state index contributed by atoms with van der Waals surface area (Å²) >= 11 is 6.16. The van der Waals surface area contributed by atoms with Gasteiger partial charge in [0.05, 0.1) is 19.4 Å². The van der Waals surface area contributed by atoms with E-state index in [1.165, 1.54) is 0 Å². The number of benzene rings is 1. The summed E-state index contributed by atoms with van der Waals surface area (Å²) in [6, 6.07) is 11.5. The van der Waals surface area contributed by atoms with Gasteiger partial charge in [-0.3, -0.25) is 4.68 Å². The Kier molecular flexibility index (Phi) is 4.85. The lowest BCUT2D eigenvalue weighted by Gasteiger charge is -2.27. The fourth-order valence-electron chi connectivity index (χ4n) is 3.92. The highest BCUT2D eigenvalue weighted by Gasteiger charge is 2.22. The zero-order valence-electron chi connectivity index (χ0n) is 17.8. The molecule has 10 heteroatoms. The zero-order valence-corrected chi connectivity index (χ0v) is 18.6. The highest BCUT2D eigenvalue weighted by atomic mass is 35.5. The number of nitrogens with zero attached hydrogens (tertiary/aromatic N) is 7. The molecule has 33 heavy (non-hydrogen) atoms. The third-order valence-electron chi connectivity index (χ3n) is 5.56. The van der Waals surface area contributed by atoms with E-state index in [1.807, 2.05) is 55.8 Å². The van der Waals surface area contributed by atoms with Crippen molar-refractivity contribution in [3.05, 3.63) is 60.0 Å². The van der Waals surface area contributed by atoms with E-state index in [4.69, 9.17) is 30.7 Å². The molecule has 166 valence electrons. The van der Waals surface area contributed by atoms with Crippen LogP contribution in [0.25, 0.3) is 39.6 Å². The summed E-state index contributed by atoms with van der Waals surface area (Å²) in [5, 5.41) is 9.64. The fraction of sp³-hybridized carbons (Fsp3) is 0.217. The lowest BCUT2D eigenvalue weighted by molar-refractivity contribution is 0.122. The summed E-state index contributed by atoms with van der Waals surface area (Å²) in [4.78, 5) is 11.8. The van der Waals surface area contributed by atoms with Gasteiger partial charge in [0, 0.05) is 49.2 Å². The fourth-order valence-corrected chi connectivity index (χ4v) is 4.11. The van der Waals surface area contributed by atoms with Crippen LogP contribution in [0.2, 0.25) is 5.02 Å². The Labute approximate surface area is 194 Å². The minimum absolute atomic E-state index is 0.464. The third kappa shape index (κ3) is 3.75. The first kappa shape index (κ1) is 20.0. The van der Waals surface area contributed by atoms with Gasteiger partial charge in [0.15, 0.2) is 17.2 Å². The summed E-state index contributed by atoms with van der Waals surface area (Å²) < 4.78 is 15.1. The molecule has 0 radical (unpaired) electrons. The number of furan rings is 1. The average Bonchev–Trinajstić information content (AvgIpc) is 3.58. The van der Waals surface area contributed by atoms with Crippen LogP contribution in [0.3, 0.4) is 0 Å².